The van der Waals surface area contributed by atoms with E-state index in [4.69, 9.17) is 5.11 Å². The van der Waals surface area contributed by atoms with E-state index < -0.39 is 17.6 Å². The number of carboxylic acid groups (broad SMARTS) is 1. The Morgan fingerprint density at radius 1 is 1.58 bits per heavy atom. The van der Waals surface area contributed by atoms with Gasteiger partial charge in [-0.05, 0) is 6.42 Å². The van der Waals surface area contributed by atoms with Gasteiger partial charge in [0, 0.05) is 25.9 Å². The molecule has 0 aliphatic carbocycles. The molecule has 19 heavy (non-hydrogen) atoms. The Morgan fingerprint density at radius 3 is 2.89 bits per heavy atom. The molecule has 1 aliphatic heterocycles. The van der Waals surface area contributed by atoms with Gasteiger partial charge in [0.05, 0.1) is 5.75 Å². The van der Waals surface area contributed by atoms with E-state index in [1.807, 2.05) is 0 Å². The normalized spacial score (nSPS) is 18.9. The summed E-state index contributed by atoms with van der Waals surface area (Å²) in [6.07, 6.45) is 2.13. The highest BCUT2D eigenvalue weighted by Gasteiger charge is 2.31. The maximum Gasteiger partial charge on any atom is 0.313 e. The van der Waals surface area contributed by atoms with Crippen molar-refractivity contribution in [1.29, 1.82) is 0 Å². The lowest BCUT2D eigenvalue weighted by Gasteiger charge is -2.16. The third-order valence-corrected chi connectivity index (χ3v) is 3.82. The summed E-state index contributed by atoms with van der Waals surface area (Å²) in [7, 11) is 1.71. The number of carbonyl (C=O) groups excluding carboxylic acids is 1. The average molecular weight is 283 g/mol. The first kappa shape index (κ1) is 13.6. The van der Waals surface area contributed by atoms with Gasteiger partial charge in [-0.3, -0.25) is 14.4 Å². The summed E-state index contributed by atoms with van der Waals surface area (Å²) in [6.45, 7) is 0.638. The maximum absolute atomic E-state index is 12.0. The van der Waals surface area contributed by atoms with Crippen molar-refractivity contribution >= 4 is 23.6 Å². The van der Waals surface area contributed by atoms with Gasteiger partial charge in [-0.1, -0.05) is 11.8 Å². The third-order valence-electron chi connectivity index (χ3n) is 2.86. The number of amides is 1. The first-order chi connectivity index (χ1) is 8.99. The highest BCUT2D eigenvalue weighted by molar-refractivity contribution is 7.99. The Balaban J connectivity index is 2.31. The maximum atomic E-state index is 12.0. The smallest absolute Gasteiger partial charge is 0.313 e. The van der Waals surface area contributed by atoms with Gasteiger partial charge in [0.15, 0.2) is 5.16 Å². The minimum Gasteiger partial charge on any atom is -0.481 e. The molecule has 1 amide bonds. The molecule has 0 saturated carbocycles. The number of rotatable bonds is 4. The van der Waals surface area contributed by atoms with Crippen LogP contribution in [-0.4, -0.2) is 50.8 Å². The molecule has 7 nitrogen and oxygen atoms in total. The lowest BCUT2D eigenvalue weighted by molar-refractivity contribution is -0.134. The lowest BCUT2D eigenvalue weighted by atomic mass is 10.2. The Labute approximate surface area is 113 Å². The SMILES string of the molecule is CN1CCC(n2ccc(=O)nc2SCC(=O)O)C1=O. The van der Waals surface area contributed by atoms with Crippen molar-refractivity contribution in [1.82, 2.24) is 14.5 Å². The number of aliphatic carboxylic acids is 1. The highest BCUT2D eigenvalue weighted by atomic mass is 32.2. The van der Waals surface area contributed by atoms with Crippen LogP contribution < -0.4 is 5.56 Å². The molecule has 1 fully saturated rings. The number of carbonyl (C=O) groups is 2. The Bertz CT molecular complexity index is 571. The van der Waals surface area contributed by atoms with Crippen molar-refractivity contribution in [3.8, 4) is 0 Å². The van der Waals surface area contributed by atoms with E-state index in [1.54, 1.807) is 16.5 Å². The molecular formula is C11H13N3O4S. The van der Waals surface area contributed by atoms with Crippen LogP contribution in [-0.2, 0) is 9.59 Å². The van der Waals surface area contributed by atoms with Crippen LogP contribution in [0.15, 0.2) is 22.2 Å². The van der Waals surface area contributed by atoms with Crippen molar-refractivity contribution < 1.29 is 14.7 Å². The zero-order valence-corrected chi connectivity index (χ0v) is 11.1. The summed E-state index contributed by atoms with van der Waals surface area (Å²) in [5.74, 6) is -1.25. The molecule has 1 N–H and O–H groups in total. The Morgan fingerprint density at radius 2 is 2.32 bits per heavy atom. The fraction of sp³-hybridized carbons (Fsp3) is 0.455. The van der Waals surface area contributed by atoms with Gasteiger partial charge < -0.3 is 14.6 Å². The van der Waals surface area contributed by atoms with E-state index in [9.17, 15) is 14.4 Å². The number of thioether (sulfide) groups is 1. The van der Waals surface area contributed by atoms with Crippen molar-refractivity contribution in [3.63, 3.8) is 0 Å². The molecule has 102 valence electrons. The minimum absolute atomic E-state index is 0.0531. The molecule has 0 aromatic carbocycles. The first-order valence-corrected chi connectivity index (χ1v) is 6.66. The van der Waals surface area contributed by atoms with Crippen LogP contribution >= 0.6 is 11.8 Å². The monoisotopic (exact) mass is 283 g/mol. The van der Waals surface area contributed by atoms with Gasteiger partial charge >= 0.3 is 5.97 Å². The lowest BCUT2D eigenvalue weighted by Crippen LogP contribution is -2.26. The second kappa shape index (κ2) is 5.43. The topological polar surface area (TPSA) is 92.5 Å². The predicted octanol–water partition coefficient (Wildman–Crippen LogP) is -0.177. The van der Waals surface area contributed by atoms with Crippen molar-refractivity contribution in [2.75, 3.05) is 19.3 Å². The molecule has 1 saturated heterocycles. The van der Waals surface area contributed by atoms with Crippen LogP contribution in [0, 0.1) is 0 Å². The van der Waals surface area contributed by atoms with Gasteiger partial charge in [0.2, 0.25) is 5.91 Å². The summed E-state index contributed by atoms with van der Waals surface area (Å²) >= 11 is 0.941. The largest absolute Gasteiger partial charge is 0.481 e. The number of carboxylic acids is 1. The van der Waals surface area contributed by atoms with Crippen molar-refractivity contribution in [2.45, 2.75) is 17.6 Å². The number of hydrogen-bond donors (Lipinski definition) is 1. The number of hydrogen-bond acceptors (Lipinski definition) is 5. The average Bonchev–Trinajstić information content (AvgIpc) is 2.68. The van der Waals surface area contributed by atoms with Crippen molar-refractivity contribution in [3.05, 3.63) is 22.6 Å². The van der Waals surface area contributed by atoms with E-state index in [0.717, 1.165) is 11.8 Å². The first-order valence-electron chi connectivity index (χ1n) is 5.68. The summed E-state index contributed by atoms with van der Waals surface area (Å²) < 4.78 is 1.58. The van der Waals surface area contributed by atoms with E-state index >= 15 is 0 Å². The second-order valence-electron chi connectivity index (χ2n) is 4.20. The number of aromatic nitrogens is 2. The summed E-state index contributed by atoms with van der Waals surface area (Å²) in [5.41, 5.74) is -0.442. The summed E-state index contributed by atoms with van der Waals surface area (Å²) in [5, 5.41) is 8.95. The van der Waals surface area contributed by atoms with E-state index in [-0.39, 0.29) is 16.8 Å². The molecule has 0 radical (unpaired) electrons. The van der Waals surface area contributed by atoms with Gasteiger partial charge in [0.25, 0.3) is 5.56 Å². The third kappa shape index (κ3) is 2.95. The van der Waals surface area contributed by atoms with Crippen molar-refractivity contribution in [2.24, 2.45) is 0 Å². The highest BCUT2D eigenvalue weighted by Crippen LogP contribution is 2.26. The van der Waals surface area contributed by atoms with Gasteiger partial charge in [0.1, 0.15) is 6.04 Å². The zero-order chi connectivity index (χ0) is 14.0. The Kier molecular flexibility index (Phi) is 3.89. The minimum atomic E-state index is -0.996. The summed E-state index contributed by atoms with van der Waals surface area (Å²) in [4.78, 5) is 39.2. The molecule has 8 heteroatoms. The number of nitrogens with zero attached hydrogens (tertiary/aromatic N) is 3. The molecule has 1 aliphatic rings. The fourth-order valence-corrected chi connectivity index (χ4v) is 2.67. The quantitative estimate of drug-likeness (QED) is 0.609. The molecule has 2 rings (SSSR count). The Hall–Kier alpha value is -1.83. The van der Waals surface area contributed by atoms with E-state index in [1.165, 1.54) is 12.3 Å². The number of likely N-dealkylation sites (N-methyl/N-ethyl adjacent to an activating group) is 1. The van der Waals surface area contributed by atoms with Gasteiger partial charge in [-0.25, -0.2) is 0 Å². The van der Waals surface area contributed by atoms with E-state index in [2.05, 4.69) is 4.98 Å². The number of likely N-dealkylation sites (tertiary alicyclic amines) is 1. The molecular weight excluding hydrogens is 270 g/mol. The van der Waals surface area contributed by atoms with E-state index in [0.29, 0.717) is 13.0 Å². The van der Waals surface area contributed by atoms with Crippen LogP contribution in [0.5, 0.6) is 0 Å². The van der Waals surface area contributed by atoms with Gasteiger partial charge in [-0.2, -0.15) is 4.98 Å². The molecule has 1 aromatic rings. The molecule has 1 unspecified atom stereocenters. The van der Waals surface area contributed by atoms with Crippen LogP contribution in [0.2, 0.25) is 0 Å². The zero-order valence-electron chi connectivity index (χ0n) is 10.3. The molecule has 0 bridgehead atoms. The fourth-order valence-electron chi connectivity index (χ4n) is 1.93. The molecule has 1 atom stereocenters. The van der Waals surface area contributed by atoms with Crippen LogP contribution in [0.3, 0.4) is 0 Å². The molecule has 2 heterocycles. The van der Waals surface area contributed by atoms with Crippen LogP contribution in [0.1, 0.15) is 12.5 Å². The molecule has 1 aromatic heterocycles. The predicted molar refractivity (Wildman–Crippen MR) is 68.1 cm³/mol. The second-order valence-corrected chi connectivity index (χ2v) is 5.14. The standard InChI is InChI=1S/C11H13N3O4S/c1-13-4-2-7(10(13)18)14-5-3-8(15)12-11(14)19-6-9(16)17/h3,5,7H,2,4,6H2,1H3,(H,16,17). The van der Waals surface area contributed by atoms with Gasteiger partial charge in [-0.15, -0.1) is 0 Å². The summed E-state index contributed by atoms with van der Waals surface area (Å²) in [6, 6.07) is 0.866. The molecule has 0 spiro atoms. The van der Waals surface area contributed by atoms with Crippen LogP contribution in [0.25, 0.3) is 0 Å². The van der Waals surface area contributed by atoms with Crippen LogP contribution in [0.4, 0.5) is 0 Å².